The van der Waals surface area contributed by atoms with Crippen LogP contribution in [0, 0.1) is 0 Å². The summed E-state index contributed by atoms with van der Waals surface area (Å²) in [6.45, 7) is 7.66. The number of nitrogens with zero attached hydrogens (tertiary/aromatic N) is 2. The van der Waals surface area contributed by atoms with Gasteiger partial charge in [0.1, 0.15) is 5.82 Å². The van der Waals surface area contributed by atoms with E-state index in [2.05, 4.69) is 21.8 Å². The number of aromatic nitrogens is 2. The number of fused-ring (bicyclic) bond motifs is 1. The van der Waals surface area contributed by atoms with Gasteiger partial charge in [0.2, 0.25) is 5.79 Å². The van der Waals surface area contributed by atoms with Crippen LogP contribution in [0.3, 0.4) is 0 Å². The van der Waals surface area contributed by atoms with Crippen LogP contribution in [0.15, 0.2) is 30.6 Å². The second-order valence-corrected chi connectivity index (χ2v) is 5.66. The highest BCUT2D eigenvalue weighted by Gasteiger charge is 2.31. The average molecular weight is 287 g/mol. The Bertz CT molecular complexity index is 634. The van der Waals surface area contributed by atoms with Crippen molar-refractivity contribution in [2.24, 2.45) is 0 Å². The van der Waals surface area contributed by atoms with Gasteiger partial charge in [0.15, 0.2) is 11.5 Å². The molecule has 5 heteroatoms. The van der Waals surface area contributed by atoms with Gasteiger partial charge >= 0.3 is 0 Å². The van der Waals surface area contributed by atoms with Crippen LogP contribution in [0.4, 0.5) is 5.69 Å². The van der Waals surface area contributed by atoms with E-state index in [1.807, 2.05) is 44.4 Å². The van der Waals surface area contributed by atoms with Crippen molar-refractivity contribution in [3.63, 3.8) is 0 Å². The van der Waals surface area contributed by atoms with Crippen molar-refractivity contribution in [3.8, 4) is 11.5 Å². The number of hydrogen-bond acceptors (Lipinski definition) is 4. The van der Waals surface area contributed by atoms with Crippen molar-refractivity contribution in [3.05, 3.63) is 36.4 Å². The largest absolute Gasteiger partial charge is 0.449 e. The average Bonchev–Trinajstić information content (AvgIpc) is 2.98. The van der Waals surface area contributed by atoms with Gasteiger partial charge in [-0.15, -0.1) is 0 Å². The maximum Gasteiger partial charge on any atom is 0.246 e. The van der Waals surface area contributed by atoms with E-state index < -0.39 is 5.79 Å². The van der Waals surface area contributed by atoms with E-state index in [1.54, 1.807) is 0 Å². The maximum absolute atomic E-state index is 5.75. The smallest absolute Gasteiger partial charge is 0.246 e. The lowest BCUT2D eigenvalue weighted by Gasteiger charge is -2.16. The Hall–Kier alpha value is -2.17. The molecule has 5 nitrogen and oxygen atoms in total. The molecule has 0 bridgehead atoms. The third kappa shape index (κ3) is 2.96. The number of hydrogen-bond donors (Lipinski definition) is 1. The van der Waals surface area contributed by atoms with E-state index in [0.29, 0.717) is 6.54 Å². The number of nitrogens with one attached hydrogen (secondary N) is 1. The van der Waals surface area contributed by atoms with Crippen LogP contribution in [-0.4, -0.2) is 15.3 Å². The number of aryl methyl sites for hydroxylation is 1. The van der Waals surface area contributed by atoms with E-state index in [0.717, 1.165) is 36.0 Å². The normalized spacial score (nSPS) is 15.2. The molecule has 1 aliphatic heterocycles. The molecule has 0 fully saturated rings. The van der Waals surface area contributed by atoms with E-state index >= 15 is 0 Å². The molecule has 0 spiro atoms. The topological polar surface area (TPSA) is 48.3 Å². The van der Waals surface area contributed by atoms with Crippen molar-refractivity contribution in [1.82, 2.24) is 9.55 Å². The minimum atomic E-state index is -0.585. The van der Waals surface area contributed by atoms with Crippen LogP contribution in [0.1, 0.15) is 33.0 Å². The predicted molar refractivity (Wildman–Crippen MR) is 81.6 cm³/mol. The maximum atomic E-state index is 5.75. The molecule has 0 saturated heterocycles. The third-order valence-corrected chi connectivity index (χ3v) is 3.37. The molecule has 1 aromatic carbocycles. The number of imidazole rings is 1. The van der Waals surface area contributed by atoms with Crippen LogP contribution in [-0.2, 0) is 13.1 Å². The van der Waals surface area contributed by atoms with E-state index in [9.17, 15) is 0 Å². The first-order valence-corrected chi connectivity index (χ1v) is 7.33. The SMILES string of the molecule is CCCn1ccnc1CNc1ccc2c(c1)OC(C)(C)O2. The van der Waals surface area contributed by atoms with Gasteiger partial charge in [0.05, 0.1) is 6.54 Å². The highest BCUT2D eigenvalue weighted by molar-refractivity contribution is 5.56. The quantitative estimate of drug-likeness (QED) is 0.915. The highest BCUT2D eigenvalue weighted by Crippen LogP contribution is 2.40. The molecule has 2 aromatic rings. The van der Waals surface area contributed by atoms with Crippen LogP contribution in [0.5, 0.6) is 11.5 Å². The van der Waals surface area contributed by atoms with Crippen molar-refractivity contribution in [2.75, 3.05) is 5.32 Å². The number of ether oxygens (including phenoxy) is 2. The summed E-state index contributed by atoms with van der Waals surface area (Å²) >= 11 is 0. The summed E-state index contributed by atoms with van der Waals surface area (Å²) in [7, 11) is 0. The van der Waals surface area contributed by atoms with Gasteiger partial charge in [-0.05, 0) is 18.6 Å². The van der Waals surface area contributed by atoms with Crippen LogP contribution >= 0.6 is 0 Å². The zero-order valence-corrected chi connectivity index (χ0v) is 12.7. The van der Waals surface area contributed by atoms with Crippen LogP contribution in [0.2, 0.25) is 0 Å². The molecule has 0 aliphatic carbocycles. The van der Waals surface area contributed by atoms with Gasteiger partial charge in [-0.2, -0.15) is 0 Å². The van der Waals surface area contributed by atoms with E-state index in [-0.39, 0.29) is 0 Å². The van der Waals surface area contributed by atoms with Gasteiger partial charge in [-0.25, -0.2) is 4.98 Å². The fourth-order valence-electron chi connectivity index (χ4n) is 2.47. The molecule has 21 heavy (non-hydrogen) atoms. The Morgan fingerprint density at radius 2 is 2.05 bits per heavy atom. The summed E-state index contributed by atoms with van der Waals surface area (Å²) < 4.78 is 13.6. The van der Waals surface area contributed by atoms with Crippen molar-refractivity contribution >= 4 is 5.69 Å². The monoisotopic (exact) mass is 287 g/mol. The van der Waals surface area contributed by atoms with Gasteiger partial charge in [0.25, 0.3) is 0 Å². The minimum Gasteiger partial charge on any atom is -0.449 e. The molecule has 3 rings (SSSR count). The summed E-state index contributed by atoms with van der Waals surface area (Å²) in [4.78, 5) is 4.39. The minimum absolute atomic E-state index is 0.585. The fourth-order valence-corrected chi connectivity index (χ4v) is 2.47. The standard InChI is InChI=1S/C16H21N3O2/c1-4-8-19-9-7-17-15(19)11-18-12-5-6-13-14(10-12)21-16(2,3)20-13/h5-7,9-10,18H,4,8,11H2,1-3H3. The van der Waals surface area contributed by atoms with Gasteiger partial charge in [0, 0.05) is 44.5 Å². The zero-order valence-electron chi connectivity index (χ0n) is 12.7. The lowest BCUT2D eigenvalue weighted by molar-refractivity contribution is -0.0431. The molecule has 0 atom stereocenters. The second-order valence-electron chi connectivity index (χ2n) is 5.66. The Labute approximate surface area is 124 Å². The summed E-state index contributed by atoms with van der Waals surface area (Å²) in [5, 5.41) is 3.38. The Balaban J connectivity index is 1.68. The van der Waals surface area contributed by atoms with E-state index in [4.69, 9.17) is 9.47 Å². The van der Waals surface area contributed by atoms with Gasteiger partial charge in [-0.1, -0.05) is 6.92 Å². The summed E-state index contributed by atoms with van der Waals surface area (Å²) in [5.41, 5.74) is 1.00. The zero-order chi connectivity index (χ0) is 14.9. The molecule has 1 aromatic heterocycles. The van der Waals surface area contributed by atoms with Crippen molar-refractivity contribution in [2.45, 2.75) is 46.1 Å². The lowest BCUT2D eigenvalue weighted by atomic mass is 10.3. The molecule has 0 amide bonds. The Morgan fingerprint density at radius 1 is 1.24 bits per heavy atom. The summed E-state index contributed by atoms with van der Waals surface area (Å²) in [5.74, 6) is 2.02. The molecule has 0 unspecified atom stereocenters. The number of anilines is 1. The Kier molecular flexibility index (Phi) is 3.49. The van der Waals surface area contributed by atoms with Crippen LogP contribution in [0.25, 0.3) is 0 Å². The molecule has 112 valence electrons. The summed E-state index contributed by atoms with van der Waals surface area (Å²) in [6, 6.07) is 5.90. The number of benzene rings is 1. The summed E-state index contributed by atoms with van der Waals surface area (Å²) in [6.07, 6.45) is 4.96. The highest BCUT2D eigenvalue weighted by atomic mass is 16.7. The molecule has 1 aliphatic rings. The number of rotatable bonds is 5. The Morgan fingerprint density at radius 3 is 2.86 bits per heavy atom. The molecule has 2 heterocycles. The van der Waals surface area contributed by atoms with Crippen molar-refractivity contribution < 1.29 is 9.47 Å². The molecular weight excluding hydrogens is 266 g/mol. The van der Waals surface area contributed by atoms with Gasteiger partial charge < -0.3 is 19.4 Å². The van der Waals surface area contributed by atoms with Gasteiger partial charge in [-0.3, -0.25) is 0 Å². The predicted octanol–water partition coefficient (Wildman–Crippen LogP) is 3.41. The molecule has 1 N–H and O–H groups in total. The first-order valence-electron chi connectivity index (χ1n) is 7.33. The molecule has 0 radical (unpaired) electrons. The third-order valence-electron chi connectivity index (χ3n) is 3.37. The first-order chi connectivity index (χ1) is 10.1. The lowest BCUT2D eigenvalue weighted by Crippen LogP contribution is -2.29. The van der Waals surface area contributed by atoms with Crippen molar-refractivity contribution in [1.29, 1.82) is 0 Å². The molecular formula is C16H21N3O2. The first kappa shape index (κ1) is 13.8. The fraction of sp³-hybridized carbons (Fsp3) is 0.438. The van der Waals surface area contributed by atoms with E-state index in [1.165, 1.54) is 0 Å². The second kappa shape index (κ2) is 5.31. The molecule has 0 saturated carbocycles. The van der Waals surface area contributed by atoms with Crippen LogP contribution < -0.4 is 14.8 Å².